The molecule has 0 spiro atoms. The fourth-order valence-electron chi connectivity index (χ4n) is 2.35. The summed E-state index contributed by atoms with van der Waals surface area (Å²) in [5, 5.41) is 11.1. The highest BCUT2D eigenvalue weighted by molar-refractivity contribution is 5.92. The van der Waals surface area contributed by atoms with Crippen molar-refractivity contribution < 1.29 is 4.79 Å². The van der Waals surface area contributed by atoms with Gasteiger partial charge in [0.05, 0.1) is 0 Å². The van der Waals surface area contributed by atoms with Crippen molar-refractivity contribution >= 4 is 11.7 Å². The second kappa shape index (κ2) is 6.50. The molecule has 0 aromatic carbocycles. The molecule has 1 aliphatic heterocycles. The topological polar surface area (TPSA) is 58.1 Å². The number of carbonyl (C=O) groups is 1. The summed E-state index contributed by atoms with van der Waals surface area (Å²) >= 11 is 0. The van der Waals surface area contributed by atoms with Gasteiger partial charge in [-0.25, -0.2) is 0 Å². The Morgan fingerprint density at radius 3 is 2.89 bits per heavy atom. The third-order valence-corrected chi connectivity index (χ3v) is 3.55. The van der Waals surface area contributed by atoms with Gasteiger partial charge in [0.2, 0.25) is 0 Å². The molecule has 2 rings (SSSR count). The predicted molar refractivity (Wildman–Crippen MR) is 75.1 cm³/mol. The second-order valence-electron chi connectivity index (χ2n) is 5.16. The molecule has 104 valence electrons. The van der Waals surface area contributed by atoms with Gasteiger partial charge in [-0.05, 0) is 44.2 Å². The van der Waals surface area contributed by atoms with E-state index in [9.17, 15) is 4.79 Å². The molecule has 1 atom stereocenters. The average molecular weight is 262 g/mol. The van der Waals surface area contributed by atoms with Crippen LogP contribution in [-0.4, -0.2) is 40.6 Å². The fourth-order valence-corrected chi connectivity index (χ4v) is 2.35. The highest BCUT2D eigenvalue weighted by atomic mass is 16.2. The van der Waals surface area contributed by atoms with Gasteiger partial charge in [0.15, 0.2) is 5.69 Å². The predicted octanol–water partition coefficient (Wildman–Crippen LogP) is 2.17. The van der Waals surface area contributed by atoms with Gasteiger partial charge in [-0.3, -0.25) is 4.79 Å². The number of rotatable bonds is 3. The molecular formula is C14H22N4O. The Balaban J connectivity index is 2.02. The molecule has 19 heavy (non-hydrogen) atoms. The molecule has 5 heteroatoms. The molecule has 1 N–H and O–H groups in total. The number of nitrogens with one attached hydrogen (secondary N) is 1. The van der Waals surface area contributed by atoms with Crippen molar-refractivity contribution in [3.63, 3.8) is 0 Å². The summed E-state index contributed by atoms with van der Waals surface area (Å²) in [5.41, 5.74) is 0.441. The zero-order valence-corrected chi connectivity index (χ0v) is 11.7. The van der Waals surface area contributed by atoms with Crippen LogP contribution in [0.3, 0.4) is 0 Å². The lowest BCUT2D eigenvalue weighted by Gasteiger charge is -2.19. The van der Waals surface area contributed by atoms with Crippen molar-refractivity contribution in [1.29, 1.82) is 0 Å². The monoisotopic (exact) mass is 262 g/mol. The lowest BCUT2D eigenvalue weighted by molar-refractivity contribution is 0.0753. The molecule has 2 heterocycles. The van der Waals surface area contributed by atoms with Crippen LogP contribution >= 0.6 is 0 Å². The molecule has 0 saturated carbocycles. The minimum atomic E-state index is 0.00430. The summed E-state index contributed by atoms with van der Waals surface area (Å²) in [6.45, 7) is 6.71. The van der Waals surface area contributed by atoms with Gasteiger partial charge in [-0.1, -0.05) is 6.92 Å². The van der Waals surface area contributed by atoms with Crippen LogP contribution in [0, 0.1) is 5.92 Å². The van der Waals surface area contributed by atoms with E-state index >= 15 is 0 Å². The standard InChI is InChI=1S/C14H22N4O/c1-3-15-13-7-6-12(16-17-13)14(19)18-9-4-5-11(2)8-10-18/h6-7,11H,3-5,8-10H2,1-2H3,(H,15,17). The smallest absolute Gasteiger partial charge is 0.274 e. The number of carbonyl (C=O) groups excluding carboxylic acids is 1. The maximum absolute atomic E-state index is 12.3. The van der Waals surface area contributed by atoms with Crippen molar-refractivity contribution in [2.45, 2.75) is 33.1 Å². The summed E-state index contributed by atoms with van der Waals surface area (Å²) in [7, 11) is 0. The minimum Gasteiger partial charge on any atom is -0.369 e. The van der Waals surface area contributed by atoms with Gasteiger partial charge in [0, 0.05) is 19.6 Å². The number of hydrogen-bond donors (Lipinski definition) is 1. The first kappa shape index (κ1) is 13.8. The lowest BCUT2D eigenvalue weighted by Crippen LogP contribution is -2.32. The van der Waals surface area contributed by atoms with Crippen molar-refractivity contribution in [2.24, 2.45) is 5.92 Å². The Labute approximate surface area is 114 Å². The summed E-state index contributed by atoms with van der Waals surface area (Å²) in [6, 6.07) is 3.56. The molecule has 0 radical (unpaired) electrons. The van der Waals surface area contributed by atoms with Crippen LogP contribution in [0.1, 0.15) is 43.6 Å². The van der Waals surface area contributed by atoms with Crippen molar-refractivity contribution in [1.82, 2.24) is 15.1 Å². The number of anilines is 1. The Morgan fingerprint density at radius 2 is 2.21 bits per heavy atom. The first-order valence-electron chi connectivity index (χ1n) is 7.07. The first-order valence-corrected chi connectivity index (χ1v) is 7.07. The van der Waals surface area contributed by atoms with Crippen molar-refractivity contribution in [3.05, 3.63) is 17.8 Å². The molecule has 1 saturated heterocycles. The Kier molecular flexibility index (Phi) is 4.71. The number of nitrogens with zero attached hydrogens (tertiary/aromatic N) is 3. The average Bonchev–Trinajstić information content (AvgIpc) is 2.64. The largest absolute Gasteiger partial charge is 0.369 e. The van der Waals surface area contributed by atoms with E-state index in [2.05, 4.69) is 22.4 Å². The van der Waals surface area contributed by atoms with Crippen molar-refractivity contribution in [3.8, 4) is 0 Å². The van der Waals surface area contributed by atoms with Crippen LogP contribution in [-0.2, 0) is 0 Å². The van der Waals surface area contributed by atoms with Gasteiger partial charge in [-0.15, -0.1) is 10.2 Å². The van der Waals surface area contributed by atoms with Gasteiger partial charge in [0.1, 0.15) is 5.82 Å². The number of likely N-dealkylation sites (tertiary alicyclic amines) is 1. The molecule has 1 aromatic heterocycles. The summed E-state index contributed by atoms with van der Waals surface area (Å²) in [5.74, 6) is 1.42. The highest BCUT2D eigenvalue weighted by Gasteiger charge is 2.20. The fraction of sp³-hybridized carbons (Fsp3) is 0.643. The molecule has 5 nitrogen and oxygen atoms in total. The summed E-state index contributed by atoms with van der Waals surface area (Å²) in [4.78, 5) is 14.2. The van der Waals surface area contributed by atoms with Crippen LogP contribution in [0.2, 0.25) is 0 Å². The quantitative estimate of drug-likeness (QED) is 0.907. The molecule has 1 aromatic rings. The summed E-state index contributed by atoms with van der Waals surface area (Å²) in [6.07, 6.45) is 3.36. The molecule has 1 unspecified atom stereocenters. The Bertz CT molecular complexity index is 418. The van der Waals surface area contributed by atoms with Crippen LogP contribution in [0.15, 0.2) is 12.1 Å². The van der Waals surface area contributed by atoms with Gasteiger partial charge in [0.25, 0.3) is 5.91 Å². The second-order valence-corrected chi connectivity index (χ2v) is 5.16. The molecular weight excluding hydrogens is 240 g/mol. The van der Waals surface area contributed by atoms with Crippen LogP contribution in [0.4, 0.5) is 5.82 Å². The lowest BCUT2D eigenvalue weighted by atomic mass is 10.0. The number of aromatic nitrogens is 2. The Hall–Kier alpha value is -1.65. The van der Waals surface area contributed by atoms with E-state index in [1.165, 1.54) is 6.42 Å². The third-order valence-electron chi connectivity index (χ3n) is 3.55. The number of amides is 1. The molecule has 0 bridgehead atoms. The van der Waals surface area contributed by atoms with E-state index < -0.39 is 0 Å². The van der Waals surface area contributed by atoms with Crippen LogP contribution in [0.25, 0.3) is 0 Å². The normalized spacial score (nSPS) is 19.9. The maximum atomic E-state index is 12.3. The zero-order valence-electron chi connectivity index (χ0n) is 11.7. The molecule has 1 aliphatic rings. The Morgan fingerprint density at radius 1 is 1.37 bits per heavy atom. The SMILES string of the molecule is CCNc1ccc(C(=O)N2CCCC(C)CC2)nn1. The zero-order chi connectivity index (χ0) is 13.7. The highest BCUT2D eigenvalue weighted by Crippen LogP contribution is 2.17. The van der Waals surface area contributed by atoms with Gasteiger partial charge >= 0.3 is 0 Å². The van der Waals surface area contributed by atoms with Gasteiger partial charge in [-0.2, -0.15) is 0 Å². The third kappa shape index (κ3) is 3.66. The van der Waals surface area contributed by atoms with Crippen LogP contribution in [0.5, 0.6) is 0 Å². The maximum Gasteiger partial charge on any atom is 0.274 e. The van der Waals surface area contributed by atoms with E-state index in [-0.39, 0.29) is 5.91 Å². The molecule has 1 amide bonds. The molecule has 0 aliphatic carbocycles. The van der Waals surface area contributed by atoms with E-state index in [1.54, 1.807) is 6.07 Å². The van der Waals surface area contributed by atoms with Crippen LogP contribution < -0.4 is 5.32 Å². The summed E-state index contributed by atoms with van der Waals surface area (Å²) < 4.78 is 0. The van der Waals surface area contributed by atoms with Gasteiger partial charge < -0.3 is 10.2 Å². The van der Waals surface area contributed by atoms with E-state index in [0.717, 1.165) is 32.5 Å². The first-order chi connectivity index (χ1) is 9.20. The number of hydrogen-bond acceptors (Lipinski definition) is 4. The van der Waals surface area contributed by atoms with E-state index in [0.29, 0.717) is 17.4 Å². The minimum absolute atomic E-state index is 0.00430. The van der Waals surface area contributed by atoms with E-state index in [4.69, 9.17) is 0 Å². The molecule has 1 fully saturated rings. The van der Waals surface area contributed by atoms with Crippen molar-refractivity contribution in [2.75, 3.05) is 25.0 Å². The van der Waals surface area contributed by atoms with E-state index in [1.807, 2.05) is 17.9 Å².